The van der Waals surface area contributed by atoms with Crippen LogP contribution < -0.4 is 10.2 Å². The van der Waals surface area contributed by atoms with Crippen molar-refractivity contribution in [2.75, 3.05) is 16.8 Å². The fourth-order valence-electron chi connectivity index (χ4n) is 2.84. The van der Waals surface area contributed by atoms with Gasteiger partial charge in [0.25, 0.3) is 0 Å². The van der Waals surface area contributed by atoms with Crippen molar-refractivity contribution < 1.29 is 9.59 Å². The Bertz CT molecular complexity index is 695. The summed E-state index contributed by atoms with van der Waals surface area (Å²) in [5.41, 5.74) is 2.80. The maximum Gasteiger partial charge on any atom is 0.239 e. The largest absolute Gasteiger partial charge is 0.325 e. The number of benzene rings is 2. The van der Waals surface area contributed by atoms with Crippen LogP contribution in [0, 0.1) is 5.92 Å². The van der Waals surface area contributed by atoms with Crippen LogP contribution in [0.2, 0.25) is 0 Å². The van der Waals surface area contributed by atoms with Gasteiger partial charge in [-0.3, -0.25) is 9.59 Å². The second-order valence-electron chi connectivity index (χ2n) is 5.71. The number of carbonyl (C=O) groups excluding carboxylic acids is 2. The normalized spacial score (nSPS) is 17.3. The predicted molar refractivity (Wildman–Crippen MR) is 91.4 cm³/mol. The van der Waals surface area contributed by atoms with Gasteiger partial charge < -0.3 is 10.2 Å². The van der Waals surface area contributed by atoms with Crippen LogP contribution in [0.15, 0.2) is 54.6 Å². The van der Waals surface area contributed by atoms with Crippen molar-refractivity contribution in [1.82, 2.24) is 0 Å². The van der Waals surface area contributed by atoms with Crippen LogP contribution in [0.1, 0.15) is 18.9 Å². The number of anilines is 2. The van der Waals surface area contributed by atoms with E-state index in [4.69, 9.17) is 0 Å². The summed E-state index contributed by atoms with van der Waals surface area (Å²) in [7, 11) is 0. The molecule has 118 valence electrons. The molecule has 0 spiro atoms. The summed E-state index contributed by atoms with van der Waals surface area (Å²) in [6.07, 6.45) is 1.51. The molecular weight excluding hydrogens is 288 g/mol. The predicted octanol–water partition coefficient (Wildman–Crippen LogP) is 3.24. The van der Waals surface area contributed by atoms with E-state index in [-0.39, 0.29) is 11.8 Å². The van der Waals surface area contributed by atoms with Crippen LogP contribution in [-0.2, 0) is 16.0 Å². The molecule has 0 bridgehead atoms. The van der Waals surface area contributed by atoms with Gasteiger partial charge in [0.15, 0.2) is 0 Å². The lowest BCUT2D eigenvalue weighted by Gasteiger charge is -2.16. The number of hydrogen-bond donors (Lipinski definition) is 1. The van der Waals surface area contributed by atoms with E-state index >= 15 is 0 Å². The molecule has 1 fully saturated rings. The molecule has 2 amide bonds. The number of aryl methyl sites for hydroxylation is 1. The zero-order valence-electron chi connectivity index (χ0n) is 13.2. The maximum absolute atomic E-state index is 12.5. The van der Waals surface area contributed by atoms with Gasteiger partial charge in [-0.15, -0.1) is 0 Å². The van der Waals surface area contributed by atoms with Crippen LogP contribution in [0.4, 0.5) is 11.4 Å². The van der Waals surface area contributed by atoms with Gasteiger partial charge in [0.05, 0.1) is 0 Å². The third kappa shape index (κ3) is 3.26. The Kier molecular flexibility index (Phi) is 4.42. The van der Waals surface area contributed by atoms with Gasteiger partial charge in [0, 0.05) is 17.9 Å². The first-order valence-electron chi connectivity index (χ1n) is 7.95. The molecule has 1 aliphatic rings. The van der Waals surface area contributed by atoms with Crippen LogP contribution >= 0.6 is 0 Å². The average Bonchev–Trinajstić information content (AvgIpc) is 2.98. The van der Waals surface area contributed by atoms with Crippen LogP contribution in [0.25, 0.3) is 0 Å². The molecule has 0 aliphatic carbocycles. The van der Waals surface area contributed by atoms with Crippen LogP contribution in [0.5, 0.6) is 0 Å². The van der Waals surface area contributed by atoms with E-state index in [2.05, 4.69) is 12.2 Å². The third-order valence-corrected chi connectivity index (χ3v) is 4.22. The molecule has 2 aromatic rings. The lowest BCUT2D eigenvalue weighted by atomic mass is 10.1. The minimum absolute atomic E-state index is 0.126. The van der Waals surface area contributed by atoms with E-state index in [1.54, 1.807) is 4.90 Å². The van der Waals surface area contributed by atoms with E-state index in [0.29, 0.717) is 13.0 Å². The smallest absolute Gasteiger partial charge is 0.239 e. The van der Waals surface area contributed by atoms with E-state index in [0.717, 1.165) is 17.8 Å². The highest BCUT2D eigenvalue weighted by atomic mass is 16.2. The van der Waals surface area contributed by atoms with Gasteiger partial charge in [-0.2, -0.15) is 0 Å². The molecule has 0 unspecified atom stereocenters. The highest BCUT2D eigenvalue weighted by Crippen LogP contribution is 2.26. The molecule has 1 aliphatic heterocycles. The van der Waals surface area contributed by atoms with Gasteiger partial charge in [0.2, 0.25) is 11.8 Å². The quantitative estimate of drug-likeness (QED) is 0.882. The lowest BCUT2D eigenvalue weighted by Crippen LogP contribution is -2.33. The van der Waals surface area contributed by atoms with Crippen molar-refractivity contribution >= 4 is 23.2 Å². The van der Waals surface area contributed by atoms with Crippen molar-refractivity contribution in [3.63, 3.8) is 0 Å². The summed E-state index contributed by atoms with van der Waals surface area (Å²) in [6, 6.07) is 17.2. The average molecular weight is 308 g/mol. The molecule has 0 aromatic heterocycles. The minimum Gasteiger partial charge on any atom is -0.325 e. The summed E-state index contributed by atoms with van der Waals surface area (Å²) >= 11 is 0. The first-order chi connectivity index (χ1) is 11.2. The summed E-state index contributed by atoms with van der Waals surface area (Å²) in [5, 5.41) is 2.85. The molecule has 1 heterocycles. The maximum atomic E-state index is 12.5. The lowest BCUT2D eigenvalue weighted by molar-refractivity contribution is -0.129. The molecule has 1 saturated heterocycles. The Morgan fingerprint density at radius 3 is 2.48 bits per heavy atom. The number of nitrogens with zero attached hydrogens (tertiary/aromatic N) is 1. The molecule has 3 rings (SSSR count). The van der Waals surface area contributed by atoms with Crippen molar-refractivity contribution in [1.29, 1.82) is 0 Å². The third-order valence-electron chi connectivity index (χ3n) is 4.22. The SMILES string of the molecule is CCc1ccc(NC(=O)[C@H]2CCN(c3ccccc3)C2=O)cc1. The van der Waals surface area contributed by atoms with Gasteiger partial charge in [-0.25, -0.2) is 0 Å². The minimum atomic E-state index is -0.610. The zero-order valence-corrected chi connectivity index (χ0v) is 13.2. The fraction of sp³-hybridized carbons (Fsp3) is 0.263. The van der Waals surface area contributed by atoms with Crippen molar-refractivity contribution in [2.45, 2.75) is 19.8 Å². The molecular formula is C19H20N2O2. The standard InChI is InChI=1S/C19H20N2O2/c1-2-14-8-10-15(11-9-14)20-18(22)17-12-13-21(19(17)23)16-6-4-3-5-7-16/h3-11,17H,2,12-13H2,1H3,(H,20,22)/t17-/m1/s1. The number of amides is 2. The van der Waals surface area contributed by atoms with Gasteiger partial charge in [0.1, 0.15) is 5.92 Å². The summed E-state index contributed by atoms with van der Waals surface area (Å²) < 4.78 is 0. The van der Waals surface area contributed by atoms with E-state index < -0.39 is 5.92 Å². The van der Waals surface area contributed by atoms with Gasteiger partial charge in [-0.1, -0.05) is 37.3 Å². The summed E-state index contributed by atoms with van der Waals surface area (Å²) in [4.78, 5) is 26.6. The van der Waals surface area contributed by atoms with Crippen molar-refractivity contribution in [3.8, 4) is 0 Å². The summed E-state index contributed by atoms with van der Waals surface area (Å²) in [5.74, 6) is -0.961. The number of para-hydroxylation sites is 1. The van der Waals surface area contributed by atoms with Crippen molar-refractivity contribution in [2.24, 2.45) is 5.92 Å². The van der Waals surface area contributed by atoms with Gasteiger partial charge in [-0.05, 0) is 42.7 Å². The number of carbonyl (C=O) groups is 2. The Labute approximate surface area is 136 Å². The number of rotatable bonds is 4. The van der Waals surface area contributed by atoms with Crippen LogP contribution in [0.3, 0.4) is 0 Å². The molecule has 2 aromatic carbocycles. The molecule has 4 nitrogen and oxygen atoms in total. The number of hydrogen-bond acceptors (Lipinski definition) is 2. The molecule has 4 heteroatoms. The van der Waals surface area contributed by atoms with E-state index in [1.165, 1.54) is 5.56 Å². The summed E-state index contributed by atoms with van der Waals surface area (Å²) in [6.45, 7) is 2.67. The second kappa shape index (κ2) is 6.65. The Morgan fingerprint density at radius 1 is 1.13 bits per heavy atom. The Balaban J connectivity index is 1.67. The zero-order chi connectivity index (χ0) is 16.2. The monoisotopic (exact) mass is 308 g/mol. The Hall–Kier alpha value is -2.62. The molecule has 0 saturated carbocycles. The number of nitrogens with one attached hydrogen (secondary N) is 1. The second-order valence-corrected chi connectivity index (χ2v) is 5.71. The molecule has 23 heavy (non-hydrogen) atoms. The first-order valence-corrected chi connectivity index (χ1v) is 7.95. The first kappa shape index (κ1) is 15.3. The van der Waals surface area contributed by atoms with Gasteiger partial charge >= 0.3 is 0 Å². The molecule has 1 atom stereocenters. The van der Waals surface area contributed by atoms with Crippen molar-refractivity contribution in [3.05, 3.63) is 60.2 Å². The fourth-order valence-corrected chi connectivity index (χ4v) is 2.84. The molecule has 0 radical (unpaired) electrons. The topological polar surface area (TPSA) is 49.4 Å². The van der Waals surface area contributed by atoms with Crippen LogP contribution in [-0.4, -0.2) is 18.4 Å². The highest BCUT2D eigenvalue weighted by Gasteiger charge is 2.37. The van der Waals surface area contributed by atoms with E-state index in [1.807, 2.05) is 54.6 Å². The Morgan fingerprint density at radius 2 is 1.83 bits per heavy atom. The highest BCUT2D eigenvalue weighted by molar-refractivity contribution is 6.13. The van der Waals surface area contributed by atoms with E-state index in [9.17, 15) is 9.59 Å². The molecule has 1 N–H and O–H groups in total.